The minimum absolute atomic E-state index is 0.780. The van der Waals surface area contributed by atoms with Gasteiger partial charge in [0.15, 0.2) is 0 Å². The van der Waals surface area contributed by atoms with Crippen LogP contribution in [0.3, 0.4) is 0 Å². The summed E-state index contributed by atoms with van der Waals surface area (Å²) in [6.07, 6.45) is 0.780. The average molecular weight is 314 g/mol. The van der Waals surface area contributed by atoms with Crippen molar-refractivity contribution in [3.05, 3.63) is 33.2 Å². The summed E-state index contributed by atoms with van der Waals surface area (Å²) in [5.41, 5.74) is 1.18. The molecule has 1 heterocycles. The molecule has 6 heteroatoms. The molecule has 0 aliphatic heterocycles. The van der Waals surface area contributed by atoms with Crippen LogP contribution in [0.1, 0.15) is 10.6 Å². The maximum absolute atomic E-state index is 5.19. The van der Waals surface area contributed by atoms with Crippen molar-refractivity contribution >= 4 is 32.4 Å². The highest BCUT2D eigenvalue weighted by atomic mass is 79.9. The molecule has 2 aromatic rings. The summed E-state index contributed by atoms with van der Waals surface area (Å²) in [6, 6.07) is 6.02. The largest absolute Gasteiger partial charge is 0.496 e. The number of ether oxygens (including phenoxy) is 1. The van der Waals surface area contributed by atoms with E-state index in [1.807, 2.05) is 25.2 Å². The summed E-state index contributed by atoms with van der Waals surface area (Å²) < 4.78 is 6.14. The van der Waals surface area contributed by atoms with Crippen LogP contribution >= 0.6 is 27.3 Å². The molecule has 0 aliphatic carbocycles. The Hall–Kier alpha value is -1.14. The Bertz CT molecular complexity index is 515. The number of nitrogens with one attached hydrogen (secondary N) is 1. The van der Waals surface area contributed by atoms with E-state index in [4.69, 9.17) is 4.74 Å². The Morgan fingerprint density at radius 3 is 2.82 bits per heavy atom. The van der Waals surface area contributed by atoms with Crippen LogP contribution in [-0.4, -0.2) is 24.4 Å². The van der Waals surface area contributed by atoms with E-state index in [0.717, 1.165) is 26.8 Å². The summed E-state index contributed by atoms with van der Waals surface area (Å²) in [4.78, 5) is 0. The van der Waals surface area contributed by atoms with Gasteiger partial charge < -0.3 is 10.1 Å². The number of methoxy groups -OCH3 is 1. The van der Waals surface area contributed by atoms with Crippen LogP contribution in [0.15, 0.2) is 22.7 Å². The first-order chi connectivity index (χ1) is 8.22. The molecule has 0 amide bonds. The van der Waals surface area contributed by atoms with Gasteiger partial charge in [0.1, 0.15) is 10.8 Å². The number of nitrogens with zero attached hydrogens (tertiary/aromatic N) is 2. The van der Waals surface area contributed by atoms with Crippen molar-refractivity contribution < 1.29 is 4.74 Å². The predicted octanol–water partition coefficient (Wildman–Crippen LogP) is 2.94. The molecular weight excluding hydrogens is 302 g/mol. The lowest BCUT2D eigenvalue weighted by molar-refractivity contribution is 0.412. The summed E-state index contributed by atoms with van der Waals surface area (Å²) in [5, 5.41) is 12.9. The van der Waals surface area contributed by atoms with E-state index in [1.165, 1.54) is 5.56 Å². The molecule has 1 aromatic heterocycles. The van der Waals surface area contributed by atoms with Crippen molar-refractivity contribution in [3.8, 4) is 5.75 Å². The van der Waals surface area contributed by atoms with Crippen molar-refractivity contribution in [1.29, 1.82) is 0 Å². The molecule has 0 aliphatic rings. The molecular formula is C11H12BrN3OS. The molecule has 2 rings (SSSR count). The predicted molar refractivity (Wildman–Crippen MR) is 73.0 cm³/mol. The molecule has 17 heavy (non-hydrogen) atoms. The number of benzene rings is 1. The van der Waals surface area contributed by atoms with E-state index in [-0.39, 0.29) is 0 Å². The highest BCUT2D eigenvalue weighted by molar-refractivity contribution is 9.10. The fourth-order valence-corrected chi connectivity index (χ4v) is 2.74. The molecule has 0 bridgehead atoms. The quantitative estimate of drug-likeness (QED) is 0.942. The lowest BCUT2D eigenvalue weighted by Crippen LogP contribution is -1.90. The zero-order chi connectivity index (χ0) is 12.3. The van der Waals surface area contributed by atoms with Crippen LogP contribution in [0.2, 0.25) is 0 Å². The maximum Gasteiger partial charge on any atom is 0.205 e. The van der Waals surface area contributed by atoms with Crippen LogP contribution in [-0.2, 0) is 6.42 Å². The molecule has 0 spiro atoms. The van der Waals surface area contributed by atoms with Crippen molar-refractivity contribution in [2.75, 3.05) is 19.5 Å². The van der Waals surface area contributed by atoms with Crippen molar-refractivity contribution in [1.82, 2.24) is 10.2 Å². The van der Waals surface area contributed by atoms with Crippen molar-refractivity contribution in [2.24, 2.45) is 0 Å². The third kappa shape index (κ3) is 2.95. The number of hydrogen-bond donors (Lipinski definition) is 1. The van der Waals surface area contributed by atoms with Crippen LogP contribution in [0.25, 0.3) is 0 Å². The Balaban J connectivity index is 2.15. The van der Waals surface area contributed by atoms with Gasteiger partial charge in [-0.25, -0.2) is 0 Å². The fourth-order valence-electron chi connectivity index (χ4n) is 1.42. The Morgan fingerprint density at radius 2 is 2.24 bits per heavy atom. The van der Waals surface area contributed by atoms with Gasteiger partial charge in [-0.3, -0.25) is 0 Å². The second-order valence-electron chi connectivity index (χ2n) is 3.40. The van der Waals surface area contributed by atoms with E-state index in [0.29, 0.717) is 0 Å². The molecule has 1 aromatic carbocycles. The van der Waals surface area contributed by atoms with Gasteiger partial charge in [-0.1, -0.05) is 17.4 Å². The standard InChI is InChI=1S/C11H12BrN3OS/c1-13-11-15-14-10(17-11)6-7-3-4-9(16-2)8(12)5-7/h3-5H,6H2,1-2H3,(H,13,15). The fraction of sp³-hybridized carbons (Fsp3) is 0.273. The second-order valence-corrected chi connectivity index (χ2v) is 5.31. The first-order valence-electron chi connectivity index (χ1n) is 5.05. The lowest BCUT2D eigenvalue weighted by Gasteiger charge is -2.04. The first-order valence-corrected chi connectivity index (χ1v) is 6.66. The summed E-state index contributed by atoms with van der Waals surface area (Å²) >= 11 is 5.03. The van der Waals surface area contributed by atoms with Crippen molar-refractivity contribution in [2.45, 2.75) is 6.42 Å². The highest BCUT2D eigenvalue weighted by Crippen LogP contribution is 2.27. The van der Waals surface area contributed by atoms with E-state index in [9.17, 15) is 0 Å². The first kappa shape index (κ1) is 12.3. The zero-order valence-electron chi connectivity index (χ0n) is 9.53. The molecule has 0 unspecified atom stereocenters. The highest BCUT2D eigenvalue weighted by Gasteiger charge is 2.06. The zero-order valence-corrected chi connectivity index (χ0v) is 11.9. The van der Waals surface area contributed by atoms with Crippen LogP contribution in [0.5, 0.6) is 5.75 Å². The molecule has 90 valence electrons. The molecule has 0 saturated heterocycles. The van der Waals surface area contributed by atoms with Gasteiger partial charge >= 0.3 is 0 Å². The van der Waals surface area contributed by atoms with Gasteiger partial charge in [-0.05, 0) is 33.6 Å². The second kappa shape index (κ2) is 5.46. The Kier molecular flexibility index (Phi) is 3.96. The third-order valence-corrected chi connectivity index (χ3v) is 3.81. The van der Waals surface area contributed by atoms with Crippen LogP contribution < -0.4 is 10.1 Å². The maximum atomic E-state index is 5.19. The molecule has 0 saturated carbocycles. The van der Waals surface area contributed by atoms with Crippen molar-refractivity contribution in [3.63, 3.8) is 0 Å². The number of halogens is 1. The summed E-state index contributed by atoms with van der Waals surface area (Å²) in [5.74, 6) is 0.835. The molecule has 0 atom stereocenters. The SMILES string of the molecule is CNc1nnc(Cc2ccc(OC)c(Br)c2)s1. The van der Waals surface area contributed by atoms with Crippen LogP contribution in [0.4, 0.5) is 5.13 Å². The average Bonchev–Trinajstić information content (AvgIpc) is 2.77. The van der Waals surface area contributed by atoms with E-state index in [1.54, 1.807) is 18.4 Å². The lowest BCUT2D eigenvalue weighted by atomic mass is 10.1. The minimum Gasteiger partial charge on any atom is -0.496 e. The molecule has 0 radical (unpaired) electrons. The van der Waals surface area contributed by atoms with Gasteiger partial charge in [0.25, 0.3) is 0 Å². The smallest absolute Gasteiger partial charge is 0.205 e. The molecule has 0 fully saturated rings. The van der Waals surface area contributed by atoms with E-state index < -0.39 is 0 Å². The van der Waals surface area contributed by atoms with E-state index >= 15 is 0 Å². The molecule has 4 nitrogen and oxygen atoms in total. The van der Waals surface area contributed by atoms with Crippen LogP contribution in [0, 0.1) is 0 Å². The number of anilines is 1. The van der Waals surface area contributed by atoms with Gasteiger partial charge in [-0.15, -0.1) is 10.2 Å². The number of hydrogen-bond acceptors (Lipinski definition) is 5. The van der Waals surface area contributed by atoms with Gasteiger partial charge in [0.05, 0.1) is 11.6 Å². The number of aromatic nitrogens is 2. The third-order valence-electron chi connectivity index (χ3n) is 2.25. The number of rotatable bonds is 4. The normalized spacial score (nSPS) is 10.3. The Morgan fingerprint density at radius 1 is 1.41 bits per heavy atom. The Labute approximate surface area is 112 Å². The molecule has 1 N–H and O–H groups in total. The monoisotopic (exact) mass is 313 g/mol. The minimum atomic E-state index is 0.780. The summed E-state index contributed by atoms with van der Waals surface area (Å²) in [7, 11) is 3.50. The van der Waals surface area contributed by atoms with Gasteiger partial charge in [0.2, 0.25) is 5.13 Å². The van der Waals surface area contributed by atoms with Gasteiger partial charge in [-0.2, -0.15) is 0 Å². The van der Waals surface area contributed by atoms with Gasteiger partial charge in [0, 0.05) is 13.5 Å². The summed E-state index contributed by atoms with van der Waals surface area (Å²) in [6.45, 7) is 0. The van der Waals surface area contributed by atoms with E-state index in [2.05, 4.69) is 31.4 Å². The topological polar surface area (TPSA) is 47.0 Å².